The predicted molar refractivity (Wildman–Crippen MR) is 133 cm³/mol. The molecule has 3 aromatic rings. The summed E-state index contributed by atoms with van der Waals surface area (Å²) >= 11 is 4.94. The zero-order chi connectivity index (χ0) is 24.3. The number of thiophene rings is 1. The van der Waals surface area contributed by atoms with Crippen LogP contribution in [-0.4, -0.2) is 45.1 Å². The highest BCUT2D eigenvalue weighted by atomic mass is 79.9. The van der Waals surface area contributed by atoms with Crippen LogP contribution in [0.4, 0.5) is 18.2 Å². The maximum Gasteiger partial charge on any atom is 0.573 e. The molecule has 2 heterocycles. The van der Waals surface area contributed by atoms with Crippen LogP contribution in [-0.2, 0) is 16.6 Å². The first-order chi connectivity index (χ1) is 16.1. The van der Waals surface area contributed by atoms with Gasteiger partial charge in [0, 0.05) is 16.6 Å². The van der Waals surface area contributed by atoms with E-state index in [1.807, 2.05) is 24.3 Å². The summed E-state index contributed by atoms with van der Waals surface area (Å²) in [7, 11) is -3.72. The second kappa shape index (κ2) is 10.4. The molecule has 0 saturated carbocycles. The number of hydrogen-bond acceptors (Lipinski definition) is 5. The summed E-state index contributed by atoms with van der Waals surface area (Å²) in [5, 5.41) is 1.46. The lowest BCUT2D eigenvalue weighted by atomic mass is 10.1. The molecule has 5 nitrogen and oxygen atoms in total. The van der Waals surface area contributed by atoms with E-state index in [0.717, 1.165) is 42.4 Å². The lowest BCUT2D eigenvalue weighted by Crippen LogP contribution is -2.39. The summed E-state index contributed by atoms with van der Waals surface area (Å²) in [4.78, 5) is 2.17. The molecule has 0 bridgehead atoms. The highest BCUT2D eigenvalue weighted by Crippen LogP contribution is 2.43. The molecule has 1 aliphatic heterocycles. The fourth-order valence-corrected chi connectivity index (χ4v) is 7.86. The second-order valence-corrected chi connectivity index (χ2v) is 12.0. The molecule has 0 spiro atoms. The number of alkyl halides is 3. The third-order valence-electron chi connectivity index (χ3n) is 5.68. The lowest BCUT2D eigenvalue weighted by molar-refractivity contribution is -0.274. The summed E-state index contributed by atoms with van der Waals surface area (Å²) in [5.74, 6) is -0.387. The zero-order valence-corrected chi connectivity index (χ0v) is 21.4. The Balaban J connectivity index is 1.62. The number of rotatable bonds is 8. The van der Waals surface area contributed by atoms with Gasteiger partial charge in [0.05, 0.1) is 16.8 Å². The Morgan fingerprint density at radius 3 is 2.35 bits per heavy atom. The minimum absolute atomic E-state index is 0.0000527. The molecule has 1 aliphatic rings. The molecular weight excluding hydrogens is 553 g/mol. The van der Waals surface area contributed by atoms with Gasteiger partial charge >= 0.3 is 6.36 Å². The molecule has 4 rings (SSSR count). The summed E-state index contributed by atoms with van der Waals surface area (Å²) in [6.07, 6.45) is -1.48. The Morgan fingerprint density at radius 1 is 1.03 bits per heavy atom. The number of likely N-dealkylation sites (tertiary alicyclic amines) is 1. The smallest absolute Gasteiger partial charge is 0.406 e. The van der Waals surface area contributed by atoms with Crippen LogP contribution in [0.25, 0.3) is 10.1 Å². The molecule has 0 radical (unpaired) electrons. The SMILES string of the molecule is O=S(=O)(CCN1CCCCC1)N(Cc1ccc(OC(F)(F)F)cc1)c1sc2ccccc2c1Br. The largest absolute Gasteiger partial charge is 0.573 e. The molecule has 11 heteroatoms. The maximum absolute atomic E-state index is 13.6. The molecule has 184 valence electrons. The molecule has 2 aromatic carbocycles. The number of piperidine rings is 1. The minimum atomic E-state index is -4.78. The first-order valence-corrected chi connectivity index (χ1v) is 14.1. The normalized spacial score (nSPS) is 15.5. The fraction of sp³-hybridized carbons (Fsp3) is 0.391. The molecule has 0 amide bonds. The average Bonchev–Trinajstić information content (AvgIpc) is 3.13. The molecular formula is C23H24BrF3N2O3S2. The fourth-order valence-electron chi connectivity index (χ4n) is 3.96. The van der Waals surface area contributed by atoms with E-state index in [9.17, 15) is 21.6 Å². The van der Waals surface area contributed by atoms with Crippen LogP contribution in [0.1, 0.15) is 24.8 Å². The van der Waals surface area contributed by atoms with Crippen LogP contribution in [0.15, 0.2) is 53.0 Å². The Kier molecular flexibility index (Phi) is 7.75. The van der Waals surface area contributed by atoms with Crippen molar-refractivity contribution in [2.24, 2.45) is 0 Å². The number of nitrogens with zero attached hydrogens (tertiary/aromatic N) is 2. The highest BCUT2D eigenvalue weighted by Gasteiger charge is 2.31. The zero-order valence-electron chi connectivity index (χ0n) is 18.2. The van der Waals surface area contributed by atoms with Crippen molar-refractivity contribution in [1.82, 2.24) is 4.90 Å². The lowest BCUT2D eigenvalue weighted by Gasteiger charge is -2.28. The quantitative estimate of drug-likeness (QED) is 0.312. The van der Waals surface area contributed by atoms with Gasteiger partial charge in [-0.25, -0.2) is 8.42 Å². The first kappa shape index (κ1) is 25.3. The van der Waals surface area contributed by atoms with E-state index < -0.39 is 16.4 Å². The van der Waals surface area contributed by atoms with Crippen molar-refractivity contribution in [3.63, 3.8) is 0 Å². The third kappa shape index (κ3) is 6.24. The van der Waals surface area contributed by atoms with E-state index in [2.05, 4.69) is 25.6 Å². The van der Waals surface area contributed by atoms with Crippen LogP contribution in [0, 0.1) is 0 Å². The minimum Gasteiger partial charge on any atom is -0.406 e. The van der Waals surface area contributed by atoms with Gasteiger partial charge in [0.25, 0.3) is 0 Å². The van der Waals surface area contributed by atoms with Gasteiger partial charge in [-0.05, 0) is 65.6 Å². The maximum atomic E-state index is 13.6. The van der Waals surface area contributed by atoms with Gasteiger partial charge in [-0.1, -0.05) is 36.8 Å². The van der Waals surface area contributed by atoms with E-state index in [1.54, 1.807) is 0 Å². The first-order valence-electron chi connectivity index (χ1n) is 10.9. The van der Waals surface area contributed by atoms with Crippen LogP contribution in [0.2, 0.25) is 0 Å². The third-order valence-corrected chi connectivity index (χ3v) is 9.73. The number of sulfonamides is 1. The van der Waals surface area contributed by atoms with Gasteiger partial charge in [0.1, 0.15) is 10.8 Å². The number of fused-ring (bicyclic) bond motifs is 1. The van der Waals surface area contributed by atoms with Crippen LogP contribution < -0.4 is 9.04 Å². The predicted octanol–water partition coefficient (Wildman–Crippen LogP) is 6.38. The van der Waals surface area contributed by atoms with Crippen molar-refractivity contribution in [1.29, 1.82) is 0 Å². The summed E-state index contributed by atoms with van der Waals surface area (Å²) in [6.45, 7) is 2.23. The van der Waals surface area contributed by atoms with Crippen LogP contribution in [0.3, 0.4) is 0 Å². The number of ether oxygens (including phenoxy) is 1. The molecule has 0 unspecified atom stereocenters. The molecule has 1 aromatic heterocycles. The molecule has 0 aliphatic carbocycles. The van der Waals surface area contributed by atoms with E-state index >= 15 is 0 Å². The van der Waals surface area contributed by atoms with Gasteiger partial charge in [-0.3, -0.25) is 4.31 Å². The van der Waals surface area contributed by atoms with E-state index in [0.29, 0.717) is 21.6 Å². The molecule has 0 N–H and O–H groups in total. The average molecular weight is 577 g/mol. The van der Waals surface area contributed by atoms with Crippen molar-refractivity contribution in [3.8, 4) is 5.75 Å². The number of benzene rings is 2. The van der Waals surface area contributed by atoms with Crippen molar-refractivity contribution >= 4 is 52.4 Å². The Labute approximate surface area is 209 Å². The van der Waals surface area contributed by atoms with Crippen LogP contribution >= 0.6 is 27.3 Å². The summed E-state index contributed by atoms with van der Waals surface area (Å²) < 4.78 is 71.6. The van der Waals surface area contributed by atoms with Crippen LogP contribution in [0.5, 0.6) is 5.75 Å². The number of anilines is 1. The Hall–Kier alpha value is -1.82. The Morgan fingerprint density at radius 2 is 1.71 bits per heavy atom. The van der Waals surface area contributed by atoms with Crippen molar-refractivity contribution in [3.05, 3.63) is 58.6 Å². The topological polar surface area (TPSA) is 49.9 Å². The van der Waals surface area contributed by atoms with Crippen molar-refractivity contribution in [2.45, 2.75) is 32.2 Å². The monoisotopic (exact) mass is 576 g/mol. The van der Waals surface area contributed by atoms with Gasteiger partial charge in [-0.2, -0.15) is 0 Å². The molecule has 1 saturated heterocycles. The second-order valence-electron chi connectivity index (χ2n) is 8.13. The number of halogens is 4. The molecule has 34 heavy (non-hydrogen) atoms. The Bertz CT molecular complexity index is 1220. The van der Waals surface area contributed by atoms with Gasteiger partial charge in [0.15, 0.2) is 0 Å². The standard InChI is InChI=1S/C23H24BrF3N2O3S2/c24-21-19-6-2-3-7-20(19)33-22(21)29(34(30,31)15-14-28-12-4-1-5-13-28)16-17-8-10-18(11-9-17)32-23(25,26)27/h2-3,6-11H,1,4-5,12-16H2. The van der Waals surface area contributed by atoms with Crippen molar-refractivity contribution < 1.29 is 26.3 Å². The number of hydrogen-bond donors (Lipinski definition) is 0. The van der Waals surface area contributed by atoms with Crippen molar-refractivity contribution in [2.75, 3.05) is 29.7 Å². The van der Waals surface area contributed by atoms with Gasteiger partial charge in [-0.15, -0.1) is 24.5 Å². The van der Waals surface area contributed by atoms with E-state index in [4.69, 9.17) is 0 Å². The van der Waals surface area contributed by atoms with Gasteiger partial charge in [0.2, 0.25) is 10.0 Å². The van der Waals surface area contributed by atoms with E-state index in [-0.39, 0.29) is 18.0 Å². The highest BCUT2D eigenvalue weighted by molar-refractivity contribution is 9.10. The molecule has 1 fully saturated rings. The summed E-state index contributed by atoms with van der Waals surface area (Å²) in [6, 6.07) is 12.9. The van der Waals surface area contributed by atoms with Gasteiger partial charge < -0.3 is 9.64 Å². The summed E-state index contributed by atoms with van der Waals surface area (Å²) in [5.41, 5.74) is 0.556. The molecule has 0 atom stereocenters. The van der Waals surface area contributed by atoms with E-state index in [1.165, 1.54) is 39.9 Å².